The molecular formula is C25H22FN5O2S. The molecule has 4 aromatic rings. The van der Waals surface area contributed by atoms with Crippen molar-refractivity contribution in [3.63, 3.8) is 0 Å². The molecular weight excluding hydrogens is 453 g/mol. The van der Waals surface area contributed by atoms with E-state index in [-0.39, 0.29) is 11.7 Å². The summed E-state index contributed by atoms with van der Waals surface area (Å²) in [4.78, 5) is 29.6. The van der Waals surface area contributed by atoms with Crippen molar-refractivity contribution in [3.8, 4) is 11.4 Å². The molecule has 0 aliphatic heterocycles. The highest BCUT2D eigenvalue weighted by molar-refractivity contribution is 7.99. The number of nitrogens with zero attached hydrogens (tertiary/aromatic N) is 2. The van der Waals surface area contributed by atoms with Crippen molar-refractivity contribution in [3.05, 3.63) is 89.7 Å². The normalized spacial score (nSPS) is 10.6. The molecule has 0 fully saturated rings. The predicted molar refractivity (Wildman–Crippen MR) is 131 cm³/mol. The number of hydrogen-bond donors (Lipinski definition) is 3. The minimum absolute atomic E-state index is 0.0694. The van der Waals surface area contributed by atoms with Crippen LogP contribution in [0.5, 0.6) is 0 Å². The van der Waals surface area contributed by atoms with Crippen molar-refractivity contribution in [1.82, 2.24) is 15.2 Å². The third-order valence-electron chi connectivity index (χ3n) is 4.98. The molecule has 0 saturated carbocycles. The maximum atomic E-state index is 13.1. The SMILES string of the molecule is CCc1ccc(-c2nc(SCC(=O)Nc3ccccc3C(=O)Nc3ccc(F)cc3)n[nH]2)cc1. The zero-order chi connectivity index (χ0) is 23.9. The van der Waals surface area contributed by atoms with Crippen molar-refractivity contribution in [2.24, 2.45) is 0 Å². The van der Waals surface area contributed by atoms with Gasteiger partial charge in [-0.25, -0.2) is 9.37 Å². The number of aromatic nitrogens is 3. The highest BCUT2D eigenvalue weighted by Crippen LogP contribution is 2.21. The Hall–Kier alpha value is -3.98. The second-order valence-corrected chi connectivity index (χ2v) is 8.30. The van der Waals surface area contributed by atoms with Crippen LogP contribution in [0.2, 0.25) is 0 Å². The zero-order valence-corrected chi connectivity index (χ0v) is 19.2. The monoisotopic (exact) mass is 475 g/mol. The van der Waals surface area contributed by atoms with Gasteiger partial charge < -0.3 is 10.6 Å². The molecule has 0 aliphatic carbocycles. The molecule has 34 heavy (non-hydrogen) atoms. The largest absolute Gasteiger partial charge is 0.325 e. The molecule has 0 saturated heterocycles. The molecule has 0 aliphatic rings. The Morgan fingerprint density at radius 3 is 2.44 bits per heavy atom. The number of benzene rings is 3. The third-order valence-corrected chi connectivity index (χ3v) is 5.83. The van der Waals surface area contributed by atoms with Crippen molar-refractivity contribution >= 4 is 35.0 Å². The number of para-hydroxylation sites is 1. The van der Waals surface area contributed by atoms with Gasteiger partial charge in [-0.3, -0.25) is 14.7 Å². The number of aryl methyl sites for hydroxylation is 1. The Labute approximate surface area is 200 Å². The molecule has 0 spiro atoms. The number of carbonyl (C=O) groups excluding carboxylic acids is 2. The third kappa shape index (κ3) is 5.87. The number of aromatic amines is 1. The highest BCUT2D eigenvalue weighted by Gasteiger charge is 2.15. The van der Waals surface area contributed by atoms with Gasteiger partial charge in [0.1, 0.15) is 5.82 Å². The van der Waals surface area contributed by atoms with Crippen LogP contribution < -0.4 is 10.6 Å². The number of anilines is 2. The number of halogens is 1. The first-order valence-corrected chi connectivity index (χ1v) is 11.6. The summed E-state index contributed by atoms with van der Waals surface area (Å²) in [5.41, 5.74) is 3.27. The van der Waals surface area contributed by atoms with Crippen molar-refractivity contribution in [2.75, 3.05) is 16.4 Å². The zero-order valence-electron chi connectivity index (χ0n) is 18.3. The van der Waals surface area contributed by atoms with E-state index < -0.39 is 11.7 Å². The van der Waals surface area contributed by atoms with E-state index in [4.69, 9.17) is 0 Å². The number of hydrogen-bond acceptors (Lipinski definition) is 5. The highest BCUT2D eigenvalue weighted by atomic mass is 32.2. The molecule has 0 bridgehead atoms. The fourth-order valence-electron chi connectivity index (χ4n) is 3.18. The number of H-pyrrole nitrogens is 1. The van der Waals surface area contributed by atoms with Gasteiger partial charge in [0, 0.05) is 11.3 Å². The molecule has 9 heteroatoms. The second-order valence-electron chi connectivity index (χ2n) is 7.36. The Bertz CT molecular complexity index is 1290. The van der Waals surface area contributed by atoms with E-state index in [0.717, 1.165) is 12.0 Å². The molecule has 1 aromatic heterocycles. The smallest absolute Gasteiger partial charge is 0.257 e. The van der Waals surface area contributed by atoms with Crippen LogP contribution in [0, 0.1) is 5.82 Å². The van der Waals surface area contributed by atoms with Crippen LogP contribution >= 0.6 is 11.8 Å². The molecule has 0 unspecified atom stereocenters. The fourth-order valence-corrected chi connectivity index (χ4v) is 3.77. The fraction of sp³-hybridized carbons (Fsp3) is 0.120. The average Bonchev–Trinajstić information content (AvgIpc) is 3.34. The molecule has 0 radical (unpaired) electrons. The molecule has 7 nitrogen and oxygen atoms in total. The van der Waals surface area contributed by atoms with E-state index in [1.807, 2.05) is 24.3 Å². The number of nitrogens with one attached hydrogen (secondary N) is 3. The van der Waals surface area contributed by atoms with Crippen LogP contribution in [-0.2, 0) is 11.2 Å². The quantitative estimate of drug-likeness (QED) is 0.306. The Morgan fingerprint density at radius 1 is 0.971 bits per heavy atom. The van der Waals surface area contributed by atoms with Gasteiger partial charge in [-0.2, -0.15) is 0 Å². The van der Waals surface area contributed by atoms with Gasteiger partial charge in [-0.1, -0.05) is 55.1 Å². The van der Waals surface area contributed by atoms with E-state index in [1.54, 1.807) is 24.3 Å². The molecule has 172 valence electrons. The molecule has 3 N–H and O–H groups in total. The van der Waals surface area contributed by atoms with Gasteiger partial charge in [-0.05, 0) is 48.4 Å². The van der Waals surface area contributed by atoms with Crippen LogP contribution in [0.25, 0.3) is 11.4 Å². The molecule has 3 aromatic carbocycles. The first kappa shape index (κ1) is 23.2. The van der Waals surface area contributed by atoms with Crippen LogP contribution in [0.3, 0.4) is 0 Å². The van der Waals surface area contributed by atoms with Gasteiger partial charge >= 0.3 is 0 Å². The number of rotatable bonds is 8. The summed E-state index contributed by atoms with van der Waals surface area (Å²) in [7, 11) is 0. The minimum Gasteiger partial charge on any atom is -0.325 e. The topological polar surface area (TPSA) is 99.8 Å². The molecule has 2 amide bonds. The van der Waals surface area contributed by atoms with Gasteiger partial charge in [0.05, 0.1) is 17.0 Å². The average molecular weight is 476 g/mol. The van der Waals surface area contributed by atoms with E-state index in [1.165, 1.54) is 41.6 Å². The van der Waals surface area contributed by atoms with Crippen LogP contribution in [0.15, 0.2) is 78.0 Å². The minimum atomic E-state index is -0.414. The summed E-state index contributed by atoms with van der Waals surface area (Å²) < 4.78 is 13.1. The van der Waals surface area contributed by atoms with Crippen LogP contribution in [0.1, 0.15) is 22.8 Å². The molecule has 1 heterocycles. The van der Waals surface area contributed by atoms with Crippen LogP contribution in [-0.4, -0.2) is 32.7 Å². The predicted octanol–water partition coefficient (Wildman–Crippen LogP) is 5.16. The van der Waals surface area contributed by atoms with Gasteiger partial charge in [0.25, 0.3) is 5.91 Å². The Kier molecular flexibility index (Phi) is 7.34. The summed E-state index contributed by atoms with van der Waals surface area (Å²) >= 11 is 1.19. The van der Waals surface area contributed by atoms with Crippen molar-refractivity contribution < 1.29 is 14.0 Å². The number of carbonyl (C=O) groups is 2. The van der Waals surface area contributed by atoms with Crippen molar-refractivity contribution in [2.45, 2.75) is 18.5 Å². The van der Waals surface area contributed by atoms with E-state index in [9.17, 15) is 14.0 Å². The lowest BCUT2D eigenvalue weighted by Crippen LogP contribution is -2.19. The van der Waals surface area contributed by atoms with Crippen LogP contribution in [0.4, 0.5) is 15.8 Å². The summed E-state index contributed by atoms with van der Waals surface area (Å²) in [5, 5.41) is 13.0. The van der Waals surface area contributed by atoms with E-state index in [2.05, 4.69) is 32.7 Å². The van der Waals surface area contributed by atoms with Gasteiger partial charge in [0.15, 0.2) is 5.82 Å². The number of thioether (sulfide) groups is 1. The first-order valence-electron chi connectivity index (χ1n) is 10.6. The lowest BCUT2D eigenvalue weighted by molar-refractivity contribution is -0.113. The Balaban J connectivity index is 1.36. The summed E-state index contributed by atoms with van der Waals surface area (Å²) in [5.74, 6) is -0.405. The Morgan fingerprint density at radius 2 is 1.71 bits per heavy atom. The van der Waals surface area contributed by atoms with Crippen molar-refractivity contribution in [1.29, 1.82) is 0 Å². The second kappa shape index (κ2) is 10.8. The maximum Gasteiger partial charge on any atom is 0.257 e. The van der Waals surface area contributed by atoms with Gasteiger partial charge in [0.2, 0.25) is 11.1 Å². The van der Waals surface area contributed by atoms with E-state index >= 15 is 0 Å². The number of amides is 2. The summed E-state index contributed by atoms with van der Waals surface area (Å²) in [6, 6.07) is 20.2. The standard InChI is InChI=1S/C25H22FN5O2S/c1-2-16-7-9-17(10-8-16)23-29-25(31-30-23)34-15-22(32)28-21-6-4-3-5-20(21)24(33)27-19-13-11-18(26)12-14-19/h3-14H,2,15H2,1H3,(H,27,33)(H,28,32)(H,29,30,31). The molecule has 0 atom stereocenters. The van der Waals surface area contributed by atoms with Gasteiger partial charge in [-0.15, -0.1) is 5.10 Å². The maximum absolute atomic E-state index is 13.1. The molecule has 4 rings (SSSR count). The van der Waals surface area contributed by atoms with E-state index in [0.29, 0.717) is 27.9 Å². The lowest BCUT2D eigenvalue weighted by atomic mass is 10.1. The first-order chi connectivity index (χ1) is 16.5. The summed E-state index contributed by atoms with van der Waals surface area (Å²) in [6.45, 7) is 2.10. The lowest BCUT2D eigenvalue weighted by Gasteiger charge is -2.11. The summed E-state index contributed by atoms with van der Waals surface area (Å²) in [6.07, 6.45) is 0.962.